The number of nitrogens with one attached hydrogen (secondary N) is 1. The average Bonchev–Trinajstić information content (AvgIpc) is 2.69. The average molecular weight is 387 g/mol. The standard InChI is InChI=1S/C20H22FN3O4/c1-2-28-19-9-6-14(12-18(19)24(26)27)20(25)22-16-13-15(21)7-8-17(16)23-10-4-3-5-11-23/h6-9,12-13H,2-5,10-11H2,1H3,(H,22,25). The molecule has 7 nitrogen and oxygen atoms in total. The fourth-order valence-electron chi connectivity index (χ4n) is 3.29. The molecule has 28 heavy (non-hydrogen) atoms. The summed E-state index contributed by atoms with van der Waals surface area (Å²) in [4.78, 5) is 25.5. The van der Waals surface area contributed by atoms with Crippen molar-refractivity contribution in [2.75, 3.05) is 29.9 Å². The highest BCUT2D eigenvalue weighted by Crippen LogP contribution is 2.31. The van der Waals surface area contributed by atoms with Gasteiger partial charge in [0.2, 0.25) is 0 Å². The molecular weight excluding hydrogens is 365 g/mol. The number of ether oxygens (including phenoxy) is 1. The zero-order valence-corrected chi connectivity index (χ0v) is 15.6. The van der Waals surface area contributed by atoms with Gasteiger partial charge in [-0.2, -0.15) is 0 Å². The molecule has 1 N–H and O–H groups in total. The number of carbonyl (C=O) groups excluding carboxylic acids is 1. The molecule has 1 aliphatic rings. The number of nitro groups is 1. The van der Waals surface area contributed by atoms with E-state index in [1.54, 1.807) is 13.0 Å². The quantitative estimate of drug-likeness (QED) is 0.587. The molecule has 0 unspecified atom stereocenters. The number of carbonyl (C=O) groups is 1. The summed E-state index contributed by atoms with van der Waals surface area (Å²) in [6.45, 7) is 3.66. The second-order valence-corrected chi connectivity index (χ2v) is 6.54. The molecule has 8 heteroatoms. The number of amides is 1. The number of halogens is 1. The van der Waals surface area contributed by atoms with Gasteiger partial charge < -0.3 is 15.0 Å². The molecule has 0 saturated carbocycles. The summed E-state index contributed by atoms with van der Waals surface area (Å²) in [5.74, 6) is -0.910. The number of hydrogen-bond donors (Lipinski definition) is 1. The first-order valence-electron chi connectivity index (χ1n) is 9.26. The third kappa shape index (κ3) is 4.39. The molecule has 2 aromatic carbocycles. The predicted octanol–water partition coefficient (Wildman–Crippen LogP) is 4.38. The zero-order valence-electron chi connectivity index (χ0n) is 15.6. The lowest BCUT2D eigenvalue weighted by Crippen LogP contribution is -2.30. The van der Waals surface area contributed by atoms with E-state index in [1.165, 1.54) is 30.3 Å². The van der Waals surface area contributed by atoms with Crippen LogP contribution >= 0.6 is 0 Å². The van der Waals surface area contributed by atoms with E-state index >= 15 is 0 Å². The van der Waals surface area contributed by atoms with E-state index in [0.29, 0.717) is 5.69 Å². The molecule has 2 aromatic rings. The van der Waals surface area contributed by atoms with Crippen molar-refractivity contribution in [3.8, 4) is 5.75 Å². The van der Waals surface area contributed by atoms with Crippen molar-refractivity contribution in [3.63, 3.8) is 0 Å². The van der Waals surface area contributed by atoms with Crippen molar-refractivity contribution in [2.24, 2.45) is 0 Å². The third-order valence-corrected chi connectivity index (χ3v) is 4.62. The van der Waals surface area contributed by atoms with Gasteiger partial charge >= 0.3 is 5.69 Å². The number of nitrogens with zero attached hydrogens (tertiary/aromatic N) is 2. The summed E-state index contributed by atoms with van der Waals surface area (Å²) in [7, 11) is 0. The van der Waals surface area contributed by atoms with Gasteiger partial charge in [0, 0.05) is 24.7 Å². The normalized spacial score (nSPS) is 13.9. The van der Waals surface area contributed by atoms with Gasteiger partial charge in [-0.25, -0.2) is 4.39 Å². The lowest BCUT2D eigenvalue weighted by atomic mass is 10.1. The van der Waals surface area contributed by atoms with E-state index in [1.807, 2.05) is 0 Å². The minimum absolute atomic E-state index is 0.101. The molecule has 0 aliphatic carbocycles. The van der Waals surface area contributed by atoms with Crippen LogP contribution in [0.15, 0.2) is 36.4 Å². The highest BCUT2D eigenvalue weighted by atomic mass is 19.1. The Kier molecular flexibility index (Phi) is 6.08. The Morgan fingerprint density at radius 3 is 2.64 bits per heavy atom. The van der Waals surface area contributed by atoms with Crippen LogP contribution in [0, 0.1) is 15.9 Å². The Morgan fingerprint density at radius 2 is 1.96 bits per heavy atom. The molecule has 0 spiro atoms. The minimum Gasteiger partial charge on any atom is -0.487 e. The van der Waals surface area contributed by atoms with Gasteiger partial charge in [-0.05, 0) is 56.5 Å². The summed E-state index contributed by atoms with van der Waals surface area (Å²) in [5.41, 5.74) is 0.910. The third-order valence-electron chi connectivity index (χ3n) is 4.62. The first-order chi connectivity index (χ1) is 13.5. The smallest absolute Gasteiger partial charge is 0.311 e. The summed E-state index contributed by atoms with van der Waals surface area (Å²) < 4.78 is 19.0. The zero-order chi connectivity index (χ0) is 20.1. The van der Waals surface area contributed by atoms with E-state index in [-0.39, 0.29) is 23.6 Å². The Hall–Kier alpha value is -3.16. The molecule has 0 bridgehead atoms. The van der Waals surface area contributed by atoms with Crippen LogP contribution in [-0.2, 0) is 0 Å². The first-order valence-corrected chi connectivity index (χ1v) is 9.26. The highest BCUT2D eigenvalue weighted by Gasteiger charge is 2.21. The van der Waals surface area contributed by atoms with Crippen LogP contribution in [0.25, 0.3) is 0 Å². The van der Waals surface area contributed by atoms with Gasteiger partial charge in [0.1, 0.15) is 5.82 Å². The van der Waals surface area contributed by atoms with Crippen LogP contribution < -0.4 is 15.0 Å². The van der Waals surface area contributed by atoms with E-state index in [4.69, 9.17) is 4.74 Å². The molecule has 1 aliphatic heterocycles. The molecule has 3 rings (SSSR count). The van der Waals surface area contributed by atoms with Gasteiger partial charge in [0.05, 0.1) is 22.9 Å². The molecular formula is C20H22FN3O4. The second kappa shape index (κ2) is 8.69. The number of benzene rings is 2. The van der Waals surface area contributed by atoms with E-state index < -0.39 is 16.6 Å². The maximum absolute atomic E-state index is 13.8. The number of piperidine rings is 1. The van der Waals surface area contributed by atoms with E-state index in [0.717, 1.165) is 38.0 Å². The first kappa shape index (κ1) is 19.6. The lowest BCUT2D eigenvalue weighted by Gasteiger charge is -2.30. The van der Waals surface area contributed by atoms with Gasteiger partial charge in [0.25, 0.3) is 5.91 Å². The van der Waals surface area contributed by atoms with Crippen molar-refractivity contribution in [2.45, 2.75) is 26.2 Å². The predicted molar refractivity (Wildman–Crippen MR) is 105 cm³/mol. The largest absolute Gasteiger partial charge is 0.487 e. The van der Waals surface area contributed by atoms with Gasteiger partial charge in [-0.3, -0.25) is 14.9 Å². The molecule has 1 fully saturated rings. The number of rotatable bonds is 6. The topological polar surface area (TPSA) is 84.7 Å². The maximum Gasteiger partial charge on any atom is 0.311 e. The van der Waals surface area contributed by atoms with Crippen molar-refractivity contribution < 1.29 is 18.8 Å². The second-order valence-electron chi connectivity index (χ2n) is 6.54. The maximum atomic E-state index is 13.8. The molecule has 0 aromatic heterocycles. The molecule has 1 heterocycles. The molecule has 0 atom stereocenters. The van der Waals surface area contributed by atoms with Crippen molar-refractivity contribution in [1.29, 1.82) is 0 Å². The molecule has 1 amide bonds. The SMILES string of the molecule is CCOc1ccc(C(=O)Nc2cc(F)ccc2N2CCCCC2)cc1[N+](=O)[O-]. The van der Waals surface area contributed by atoms with Gasteiger partial charge in [-0.15, -0.1) is 0 Å². The van der Waals surface area contributed by atoms with Crippen LogP contribution in [0.3, 0.4) is 0 Å². The summed E-state index contributed by atoms with van der Waals surface area (Å²) in [5, 5.41) is 14.0. The highest BCUT2D eigenvalue weighted by molar-refractivity contribution is 6.06. The van der Waals surface area contributed by atoms with Gasteiger partial charge in [-0.1, -0.05) is 0 Å². The number of nitro benzene ring substituents is 1. The fraction of sp³-hybridized carbons (Fsp3) is 0.350. The van der Waals surface area contributed by atoms with Crippen LogP contribution in [0.1, 0.15) is 36.5 Å². The van der Waals surface area contributed by atoms with Crippen LogP contribution in [0.2, 0.25) is 0 Å². The minimum atomic E-state index is -0.594. The van der Waals surface area contributed by atoms with Crippen molar-refractivity contribution >= 4 is 23.0 Å². The van der Waals surface area contributed by atoms with Crippen molar-refractivity contribution in [1.82, 2.24) is 0 Å². The number of anilines is 2. The Morgan fingerprint density at radius 1 is 1.21 bits per heavy atom. The lowest BCUT2D eigenvalue weighted by molar-refractivity contribution is -0.385. The Balaban J connectivity index is 1.87. The Bertz CT molecular complexity index is 882. The monoisotopic (exact) mass is 387 g/mol. The number of hydrogen-bond acceptors (Lipinski definition) is 5. The molecule has 0 radical (unpaired) electrons. The van der Waals surface area contributed by atoms with Crippen LogP contribution in [-0.4, -0.2) is 30.5 Å². The summed E-state index contributed by atoms with van der Waals surface area (Å²) >= 11 is 0. The van der Waals surface area contributed by atoms with E-state index in [2.05, 4.69) is 10.2 Å². The van der Waals surface area contributed by atoms with Crippen molar-refractivity contribution in [3.05, 3.63) is 57.9 Å². The molecule has 148 valence electrons. The molecule has 1 saturated heterocycles. The summed E-state index contributed by atoms with van der Waals surface area (Å²) in [6.07, 6.45) is 3.22. The summed E-state index contributed by atoms with van der Waals surface area (Å²) in [6, 6.07) is 8.30. The van der Waals surface area contributed by atoms with Crippen LogP contribution in [0.4, 0.5) is 21.5 Å². The Labute approximate surface area is 162 Å². The fourth-order valence-corrected chi connectivity index (χ4v) is 3.29. The van der Waals surface area contributed by atoms with Gasteiger partial charge in [0.15, 0.2) is 5.75 Å². The van der Waals surface area contributed by atoms with Crippen LogP contribution in [0.5, 0.6) is 5.75 Å². The van der Waals surface area contributed by atoms with E-state index in [9.17, 15) is 19.3 Å².